The van der Waals surface area contributed by atoms with Crippen LogP contribution in [0.1, 0.15) is 18.1 Å². The van der Waals surface area contributed by atoms with Gasteiger partial charge in [-0.3, -0.25) is 10.1 Å². The number of carbonyl (C=O) groups excluding carboxylic acids is 3. The van der Waals surface area contributed by atoms with E-state index in [1.165, 1.54) is 6.92 Å². The Labute approximate surface area is 145 Å². The topological polar surface area (TPSA) is 81.7 Å². The summed E-state index contributed by atoms with van der Waals surface area (Å²) in [6.45, 7) is 0.825. The van der Waals surface area contributed by atoms with E-state index in [1.54, 1.807) is 5.32 Å². The van der Waals surface area contributed by atoms with Crippen LogP contribution in [-0.2, 0) is 25.2 Å². The van der Waals surface area contributed by atoms with Crippen LogP contribution in [0, 0.1) is 0 Å². The molecular weight excluding hydrogens is 367 g/mol. The third-order valence-electron chi connectivity index (χ3n) is 2.58. The van der Waals surface area contributed by atoms with Crippen molar-refractivity contribution in [3.8, 4) is 0 Å². The summed E-state index contributed by atoms with van der Waals surface area (Å²) < 4.78 is 46.9. The predicted octanol–water partition coefficient (Wildman–Crippen LogP) is 3.19. The molecule has 10 heteroatoms. The Kier molecular flexibility index (Phi) is 7.43. The van der Waals surface area contributed by atoms with E-state index >= 15 is 0 Å². The lowest BCUT2D eigenvalue weighted by Crippen LogP contribution is -2.34. The van der Waals surface area contributed by atoms with Crippen molar-refractivity contribution in [3.05, 3.63) is 40.4 Å². The largest absolute Gasteiger partial charge is 0.452 e. The molecule has 0 aliphatic rings. The summed E-state index contributed by atoms with van der Waals surface area (Å²) in [5.74, 6) is -1.93. The van der Waals surface area contributed by atoms with Gasteiger partial charge in [-0.2, -0.15) is 13.2 Å². The maximum atomic E-state index is 12.6. The van der Waals surface area contributed by atoms with Gasteiger partial charge in [0, 0.05) is 11.1 Å². The molecule has 0 fully saturated rings. The van der Waals surface area contributed by atoms with Crippen molar-refractivity contribution in [2.24, 2.45) is 0 Å². The number of halogens is 4. The zero-order chi connectivity index (χ0) is 19.0. The number of imide groups is 1. The molecule has 0 aliphatic carbocycles. The van der Waals surface area contributed by atoms with Crippen LogP contribution in [0.25, 0.3) is 6.08 Å². The highest BCUT2D eigenvalue weighted by Gasteiger charge is 2.30. The fourth-order valence-electron chi connectivity index (χ4n) is 1.51. The standard InChI is InChI=1S/C15H13ClF3NO5/c1-2-24-14(23)20-12(21)8-25-13(22)6-3-9-7-10(15(17,18)19)4-5-11(9)16/h3-7H,2,8H2,1H3,(H,20,21,23)/b6-3+. The summed E-state index contributed by atoms with van der Waals surface area (Å²) >= 11 is 5.76. The van der Waals surface area contributed by atoms with Crippen LogP contribution in [0.15, 0.2) is 24.3 Å². The van der Waals surface area contributed by atoms with Crippen LogP contribution in [0.2, 0.25) is 5.02 Å². The van der Waals surface area contributed by atoms with Crippen molar-refractivity contribution in [2.75, 3.05) is 13.2 Å². The van der Waals surface area contributed by atoms with Gasteiger partial charge in [0.15, 0.2) is 6.61 Å². The Balaban J connectivity index is 2.62. The molecule has 0 saturated carbocycles. The molecule has 6 nitrogen and oxygen atoms in total. The van der Waals surface area contributed by atoms with Gasteiger partial charge >= 0.3 is 18.2 Å². The second-order valence-electron chi connectivity index (χ2n) is 4.44. The number of ether oxygens (including phenoxy) is 2. The Bertz CT molecular complexity index is 688. The van der Waals surface area contributed by atoms with Gasteiger partial charge in [-0.1, -0.05) is 11.6 Å². The molecule has 0 bridgehead atoms. The Morgan fingerprint density at radius 2 is 1.92 bits per heavy atom. The van der Waals surface area contributed by atoms with E-state index in [-0.39, 0.29) is 17.2 Å². The molecule has 136 valence electrons. The number of esters is 1. The number of benzene rings is 1. The maximum Gasteiger partial charge on any atom is 0.416 e. The lowest BCUT2D eigenvalue weighted by Gasteiger charge is -2.08. The van der Waals surface area contributed by atoms with Crippen LogP contribution >= 0.6 is 11.6 Å². The van der Waals surface area contributed by atoms with Gasteiger partial charge in [0.1, 0.15) is 0 Å². The first kappa shape index (κ1) is 20.5. The van der Waals surface area contributed by atoms with Gasteiger partial charge in [-0.25, -0.2) is 9.59 Å². The van der Waals surface area contributed by atoms with E-state index < -0.39 is 36.3 Å². The summed E-state index contributed by atoms with van der Waals surface area (Å²) in [5, 5.41) is 1.79. The van der Waals surface area contributed by atoms with Crippen LogP contribution in [0.3, 0.4) is 0 Å². The molecule has 25 heavy (non-hydrogen) atoms. The number of alkyl carbamates (subject to hydrolysis) is 1. The van der Waals surface area contributed by atoms with Gasteiger partial charge in [0.2, 0.25) is 0 Å². The van der Waals surface area contributed by atoms with E-state index in [2.05, 4.69) is 9.47 Å². The minimum atomic E-state index is -4.56. The summed E-state index contributed by atoms with van der Waals surface area (Å²) in [7, 11) is 0. The highest BCUT2D eigenvalue weighted by Crippen LogP contribution is 2.32. The molecule has 0 heterocycles. The Morgan fingerprint density at radius 1 is 1.24 bits per heavy atom. The highest BCUT2D eigenvalue weighted by molar-refractivity contribution is 6.32. The molecule has 1 N–H and O–H groups in total. The highest BCUT2D eigenvalue weighted by atomic mass is 35.5. The number of hydrogen-bond acceptors (Lipinski definition) is 5. The molecule has 0 spiro atoms. The first-order valence-electron chi connectivity index (χ1n) is 6.81. The average Bonchev–Trinajstić information content (AvgIpc) is 2.51. The van der Waals surface area contributed by atoms with E-state index in [0.29, 0.717) is 0 Å². The normalized spacial score (nSPS) is 11.2. The SMILES string of the molecule is CCOC(=O)NC(=O)COC(=O)/C=C/c1cc(C(F)(F)F)ccc1Cl. The molecule has 0 unspecified atom stereocenters. The minimum Gasteiger partial charge on any atom is -0.452 e. The smallest absolute Gasteiger partial charge is 0.416 e. The van der Waals surface area contributed by atoms with Crippen molar-refractivity contribution in [2.45, 2.75) is 13.1 Å². The zero-order valence-electron chi connectivity index (χ0n) is 12.9. The lowest BCUT2D eigenvalue weighted by atomic mass is 10.1. The Hall–Kier alpha value is -2.55. The van der Waals surface area contributed by atoms with Gasteiger partial charge in [0.25, 0.3) is 5.91 Å². The number of rotatable bonds is 5. The number of carbonyl (C=O) groups is 3. The van der Waals surface area contributed by atoms with E-state index in [0.717, 1.165) is 30.4 Å². The summed E-state index contributed by atoms with van der Waals surface area (Å²) in [4.78, 5) is 33.7. The number of nitrogens with one attached hydrogen (secondary N) is 1. The van der Waals surface area contributed by atoms with Crippen molar-refractivity contribution in [1.82, 2.24) is 5.32 Å². The number of amides is 2. The van der Waals surface area contributed by atoms with E-state index in [9.17, 15) is 27.6 Å². The summed E-state index contributed by atoms with van der Waals surface area (Å²) in [6, 6.07) is 2.61. The van der Waals surface area contributed by atoms with E-state index in [1.807, 2.05) is 0 Å². The molecule has 0 atom stereocenters. The lowest BCUT2D eigenvalue weighted by molar-refractivity contribution is -0.143. The molecule has 0 radical (unpaired) electrons. The quantitative estimate of drug-likeness (QED) is 0.627. The molecule has 0 aliphatic heterocycles. The second-order valence-corrected chi connectivity index (χ2v) is 4.85. The van der Waals surface area contributed by atoms with Crippen molar-refractivity contribution in [3.63, 3.8) is 0 Å². The van der Waals surface area contributed by atoms with Crippen LogP contribution < -0.4 is 5.32 Å². The second kappa shape index (κ2) is 9.07. The fourth-order valence-corrected chi connectivity index (χ4v) is 1.69. The monoisotopic (exact) mass is 379 g/mol. The Morgan fingerprint density at radius 3 is 2.52 bits per heavy atom. The maximum absolute atomic E-state index is 12.6. The number of alkyl halides is 3. The van der Waals surface area contributed by atoms with E-state index in [4.69, 9.17) is 11.6 Å². The molecule has 1 aromatic carbocycles. The van der Waals surface area contributed by atoms with Crippen LogP contribution in [-0.4, -0.2) is 31.2 Å². The molecule has 1 rings (SSSR count). The van der Waals surface area contributed by atoms with Crippen molar-refractivity contribution < 1.29 is 37.0 Å². The summed E-state index contributed by atoms with van der Waals surface area (Å²) in [6.07, 6.45) is -3.73. The minimum absolute atomic E-state index is 0.00268. The van der Waals surface area contributed by atoms with Gasteiger partial charge in [-0.15, -0.1) is 0 Å². The molecular formula is C15H13ClF3NO5. The molecule has 0 aromatic heterocycles. The predicted molar refractivity (Wildman–Crippen MR) is 81.6 cm³/mol. The molecule has 0 saturated heterocycles. The van der Waals surface area contributed by atoms with Gasteiger partial charge < -0.3 is 9.47 Å². The van der Waals surface area contributed by atoms with Crippen molar-refractivity contribution in [1.29, 1.82) is 0 Å². The average molecular weight is 380 g/mol. The fraction of sp³-hybridized carbons (Fsp3) is 0.267. The molecule has 2 amide bonds. The third kappa shape index (κ3) is 7.25. The van der Waals surface area contributed by atoms with Crippen LogP contribution in [0.4, 0.5) is 18.0 Å². The zero-order valence-corrected chi connectivity index (χ0v) is 13.6. The van der Waals surface area contributed by atoms with Crippen molar-refractivity contribution >= 4 is 35.6 Å². The first-order chi connectivity index (χ1) is 11.6. The van der Waals surface area contributed by atoms with Gasteiger partial charge in [-0.05, 0) is 36.8 Å². The molecule has 1 aromatic rings. The summed E-state index contributed by atoms with van der Waals surface area (Å²) in [5.41, 5.74) is -0.983. The first-order valence-corrected chi connectivity index (χ1v) is 7.19. The van der Waals surface area contributed by atoms with Gasteiger partial charge in [0.05, 0.1) is 12.2 Å². The third-order valence-corrected chi connectivity index (χ3v) is 2.93. The van der Waals surface area contributed by atoms with Crippen LogP contribution in [0.5, 0.6) is 0 Å². The number of hydrogen-bond donors (Lipinski definition) is 1.